The number of likely N-dealkylation sites (N-methyl/N-ethyl adjacent to an activating group) is 1. The van der Waals surface area contributed by atoms with Crippen LogP contribution in [0.1, 0.15) is 18.1 Å². The van der Waals surface area contributed by atoms with Gasteiger partial charge in [0.1, 0.15) is 0 Å². The van der Waals surface area contributed by atoms with Crippen LogP contribution in [0.5, 0.6) is 0 Å². The Hall–Kier alpha value is -3.42. The maximum Gasteiger partial charge on any atom is 0.180 e. The van der Waals surface area contributed by atoms with Crippen molar-refractivity contribution < 1.29 is 4.74 Å². The van der Waals surface area contributed by atoms with Gasteiger partial charge in [-0.05, 0) is 54.4 Å². The molecule has 2 aromatic heterocycles. The lowest BCUT2D eigenvalue weighted by molar-refractivity contribution is 0.122. The van der Waals surface area contributed by atoms with E-state index < -0.39 is 0 Å². The minimum absolute atomic E-state index is 0.759. The molecule has 4 heterocycles. The summed E-state index contributed by atoms with van der Waals surface area (Å²) >= 11 is 0. The number of nitrogens with one attached hydrogen (secondary N) is 1. The molecule has 7 nitrogen and oxygen atoms in total. The number of aromatic nitrogens is 3. The van der Waals surface area contributed by atoms with E-state index in [9.17, 15) is 0 Å². The summed E-state index contributed by atoms with van der Waals surface area (Å²) in [6.07, 6.45) is 6.98. The number of hydrogen-bond donors (Lipinski definition) is 1. The molecule has 0 amide bonds. The van der Waals surface area contributed by atoms with Crippen molar-refractivity contribution in [3.63, 3.8) is 0 Å². The van der Waals surface area contributed by atoms with E-state index in [-0.39, 0.29) is 0 Å². The van der Waals surface area contributed by atoms with Crippen LogP contribution in [0.15, 0.2) is 61.1 Å². The van der Waals surface area contributed by atoms with Gasteiger partial charge in [0.25, 0.3) is 0 Å². The SMILES string of the molecule is CCN1CCc2ccc(-c3cn4ccnc4c(Nc4ccc(N5CCOCC5)cc4)n3)cc2C1. The summed E-state index contributed by atoms with van der Waals surface area (Å²) in [6, 6.07) is 15.3. The smallest absolute Gasteiger partial charge is 0.180 e. The molecular formula is C27H30N6O. The quantitative estimate of drug-likeness (QED) is 0.484. The van der Waals surface area contributed by atoms with Crippen molar-refractivity contribution in [1.29, 1.82) is 0 Å². The van der Waals surface area contributed by atoms with Crippen molar-refractivity contribution in [3.8, 4) is 11.3 Å². The predicted molar refractivity (Wildman–Crippen MR) is 136 cm³/mol. The lowest BCUT2D eigenvalue weighted by Crippen LogP contribution is -2.36. The zero-order chi connectivity index (χ0) is 22.9. The highest BCUT2D eigenvalue weighted by Crippen LogP contribution is 2.29. The first-order valence-electron chi connectivity index (χ1n) is 12.1. The molecule has 2 aliphatic heterocycles. The third-order valence-corrected chi connectivity index (χ3v) is 6.92. The van der Waals surface area contributed by atoms with Crippen LogP contribution in [0.4, 0.5) is 17.2 Å². The third kappa shape index (κ3) is 4.13. The largest absolute Gasteiger partial charge is 0.378 e. The number of morpholine rings is 1. The molecule has 4 aromatic rings. The second-order valence-corrected chi connectivity index (χ2v) is 9.01. The Kier molecular flexibility index (Phi) is 5.65. The first-order valence-corrected chi connectivity index (χ1v) is 12.1. The van der Waals surface area contributed by atoms with Crippen LogP contribution in [0.25, 0.3) is 16.9 Å². The van der Waals surface area contributed by atoms with Crippen molar-refractivity contribution in [2.75, 3.05) is 49.6 Å². The van der Waals surface area contributed by atoms with Crippen LogP contribution in [0, 0.1) is 0 Å². The number of imidazole rings is 1. The first-order chi connectivity index (χ1) is 16.8. The molecule has 174 valence electrons. The van der Waals surface area contributed by atoms with Gasteiger partial charge in [-0.1, -0.05) is 19.1 Å². The molecule has 0 bridgehead atoms. The van der Waals surface area contributed by atoms with E-state index in [2.05, 4.69) is 75.7 Å². The van der Waals surface area contributed by atoms with Crippen molar-refractivity contribution >= 4 is 22.8 Å². The van der Waals surface area contributed by atoms with Gasteiger partial charge in [0.15, 0.2) is 11.5 Å². The summed E-state index contributed by atoms with van der Waals surface area (Å²) in [4.78, 5) is 14.4. The van der Waals surface area contributed by atoms with Gasteiger partial charge in [-0.15, -0.1) is 0 Å². The Balaban J connectivity index is 1.30. The lowest BCUT2D eigenvalue weighted by Gasteiger charge is -2.29. The first kappa shape index (κ1) is 21.1. The van der Waals surface area contributed by atoms with Gasteiger partial charge in [-0.3, -0.25) is 4.90 Å². The average molecular weight is 455 g/mol. The normalized spacial score (nSPS) is 16.6. The topological polar surface area (TPSA) is 57.9 Å². The van der Waals surface area contributed by atoms with Crippen molar-refractivity contribution in [3.05, 3.63) is 72.2 Å². The number of nitrogens with zero attached hydrogens (tertiary/aromatic N) is 5. The lowest BCUT2D eigenvalue weighted by atomic mass is 9.96. The summed E-state index contributed by atoms with van der Waals surface area (Å²) in [5.41, 5.74) is 7.97. The number of fused-ring (bicyclic) bond motifs is 2. The fourth-order valence-corrected chi connectivity index (χ4v) is 4.91. The highest BCUT2D eigenvalue weighted by molar-refractivity contribution is 5.74. The van der Waals surface area contributed by atoms with Gasteiger partial charge in [-0.25, -0.2) is 9.97 Å². The Morgan fingerprint density at radius 2 is 1.85 bits per heavy atom. The van der Waals surface area contributed by atoms with Gasteiger partial charge in [-0.2, -0.15) is 0 Å². The van der Waals surface area contributed by atoms with Crippen molar-refractivity contribution in [1.82, 2.24) is 19.3 Å². The molecule has 1 saturated heterocycles. The molecule has 0 atom stereocenters. The number of anilines is 3. The van der Waals surface area contributed by atoms with Crippen LogP contribution in [-0.4, -0.2) is 58.7 Å². The molecule has 0 radical (unpaired) electrons. The Morgan fingerprint density at radius 1 is 1.00 bits per heavy atom. The number of benzene rings is 2. The molecule has 1 N–H and O–H groups in total. The van der Waals surface area contributed by atoms with Crippen molar-refractivity contribution in [2.24, 2.45) is 0 Å². The van der Waals surface area contributed by atoms with Crippen molar-refractivity contribution in [2.45, 2.75) is 19.9 Å². The third-order valence-electron chi connectivity index (χ3n) is 6.92. The van der Waals surface area contributed by atoms with Crippen LogP contribution >= 0.6 is 0 Å². The summed E-state index contributed by atoms with van der Waals surface area (Å²) < 4.78 is 7.52. The maximum atomic E-state index is 5.47. The number of hydrogen-bond acceptors (Lipinski definition) is 6. The molecular weight excluding hydrogens is 424 g/mol. The minimum Gasteiger partial charge on any atom is -0.378 e. The summed E-state index contributed by atoms with van der Waals surface area (Å²) in [5, 5.41) is 3.51. The summed E-state index contributed by atoms with van der Waals surface area (Å²) in [6.45, 7) is 8.90. The van der Waals surface area contributed by atoms with Crippen LogP contribution < -0.4 is 10.2 Å². The predicted octanol–water partition coefficient (Wildman–Crippen LogP) is 4.35. The summed E-state index contributed by atoms with van der Waals surface area (Å²) in [7, 11) is 0. The van der Waals surface area contributed by atoms with E-state index in [1.165, 1.54) is 16.8 Å². The number of ether oxygens (including phenoxy) is 1. The maximum absolute atomic E-state index is 5.47. The van der Waals surface area contributed by atoms with Gasteiger partial charge in [0.2, 0.25) is 0 Å². The van der Waals surface area contributed by atoms with Gasteiger partial charge < -0.3 is 19.4 Å². The summed E-state index contributed by atoms with van der Waals surface area (Å²) in [5.74, 6) is 0.759. The molecule has 0 aliphatic carbocycles. The monoisotopic (exact) mass is 454 g/mol. The van der Waals surface area contributed by atoms with Crippen LogP contribution in [0.2, 0.25) is 0 Å². The van der Waals surface area contributed by atoms with E-state index in [4.69, 9.17) is 9.72 Å². The minimum atomic E-state index is 0.759. The molecule has 2 aromatic carbocycles. The van der Waals surface area contributed by atoms with E-state index in [0.717, 1.165) is 80.8 Å². The molecule has 0 unspecified atom stereocenters. The second-order valence-electron chi connectivity index (χ2n) is 9.01. The second kappa shape index (κ2) is 9.08. The van der Waals surface area contributed by atoms with Gasteiger partial charge >= 0.3 is 0 Å². The zero-order valence-corrected chi connectivity index (χ0v) is 19.6. The molecule has 0 spiro atoms. The molecule has 6 rings (SSSR count). The number of rotatable bonds is 5. The highest BCUT2D eigenvalue weighted by Gasteiger charge is 2.17. The average Bonchev–Trinajstić information content (AvgIpc) is 3.38. The van der Waals surface area contributed by atoms with Crippen LogP contribution in [-0.2, 0) is 17.7 Å². The van der Waals surface area contributed by atoms with E-state index >= 15 is 0 Å². The van der Waals surface area contributed by atoms with Gasteiger partial charge in [0.05, 0.1) is 18.9 Å². The molecule has 7 heteroatoms. The molecule has 34 heavy (non-hydrogen) atoms. The highest BCUT2D eigenvalue weighted by atomic mass is 16.5. The van der Waals surface area contributed by atoms with Gasteiger partial charge in [0, 0.05) is 61.7 Å². The fourth-order valence-electron chi connectivity index (χ4n) is 4.91. The van der Waals surface area contributed by atoms with E-state index in [1.807, 2.05) is 16.8 Å². The molecule has 0 saturated carbocycles. The van der Waals surface area contributed by atoms with Crippen LogP contribution in [0.3, 0.4) is 0 Å². The Labute approximate surface area is 200 Å². The van der Waals surface area contributed by atoms with E-state index in [1.54, 1.807) is 0 Å². The fraction of sp³-hybridized carbons (Fsp3) is 0.333. The molecule has 1 fully saturated rings. The Morgan fingerprint density at radius 3 is 2.68 bits per heavy atom. The molecule has 2 aliphatic rings. The zero-order valence-electron chi connectivity index (χ0n) is 19.6. The van der Waals surface area contributed by atoms with E-state index in [0.29, 0.717) is 0 Å². The standard InChI is InChI=1S/C27H30N6O/c1-2-31-11-9-20-3-4-21(17-22(20)18-31)25-19-33-12-10-28-27(33)26(30-25)29-23-5-7-24(8-6-23)32-13-15-34-16-14-32/h3-8,10,12,17,19H,2,9,11,13-16,18H2,1H3,(H,29,30). The Bertz CT molecular complexity index is 1290.